The summed E-state index contributed by atoms with van der Waals surface area (Å²) < 4.78 is 1.81. The first-order chi connectivity index (χ1) is 8.66. The van der Waals surface area contributed by atoms with E-state index in [1.807, 2.05) is 0 Å². The van der Waals surface area contributed by atoms with E-state index < -0.39 is 7.12 Å². The lowest BCUT2D eigenvalue weighted by Gasteiger charge is -2.22. The van der Waals surface area contributed by atoms with Gasteiger partial charge in [-0.1, -0.05) is 6.07 Å². The molecule has 0 aliphatic heterocycles. The fourth-order valence-corrected chi connectivity index (χ4v) is 2.84. The van der Waals surface area contributed by atoms with Crippen LogP contribution in [-0.4, -0.2) is 21.7 Å². The minimum Gasteiger partial charge on any atom is -0.423 e. The first-order valence-corrected chi connectivity index (χ1v) is 6.78. The monoisotopic (exact) mass is 247 g/mol. The van der Waals surface area contributed by atoms with E-state index in [-0.39, 0.29) is 11.0 Å². The van der Waals surface area contributed by atoms with Gasteiger partial charge in [-0.3, -0.25) is 4.79 Å². The highest BCUT2D eigenvalue weighted by molar-refractivity contribution is 6.58. The van der Waals surface area contributed by atoms with E-state index in [0.29, 0.717) is 5.92 Å². The Morgan fingerprint density at radius 2 is 2.00 bits per heavy atom. The van der Waals surface area contributed by atoms with Gasteiger partial charge in [0.1, 0.15) is 0 Å². The van der Waals surface area contributed by atoms with Crippen molar-refractivity contribution in [1.82, 2.24) is 4.57 Å². The minimum atomic E-state index is -1.66. The highest BCUT2D eigenvalue weighted by Crippen LogP contribution is 2.31. The molecule has 0 bridgehead atoms. The summed E-state index contributed by atoms with van der Waals surface area (Å²) in [5, 5.41) is 18.6. The third-order valence-electron chi connectivity index (χ3n) is 4.04. The second-order valence-electron chi connectivity index (χ2n) is 5.51. The van der Waals surface area contributed by atoms with E-state index in [9.17, 15) is 14.8 Å². The summed E-state index contributed by atoms with van der Waals surface area (Å²) >= 11 is 0. The van der Waals surface area contributed by atoms with Gasteiger partial charge >= 0.3 is 7.12 Å². The lowest BCUT2D eigenvalue weighted by Crippen LogP contribution is -2.47. The number of hydrogen-bond acceptors (Lipinski definition) is 3. The molecule has 0 amide bonds. The van der Waals surface area contributed by atoms with Crippen LogP contribution in [0.25, 0.3) is 0 Å². The van der Waals surface area contributed by atoms with E-state index in [0.717, 1.165) is 43.5 Å². The molecule has 0 radical (unpaired) electrons. The van der Waals surface area contributed by atoms with Gasteiger partial charge in [0.15, 0.2) is 0 Å². The number of rotatable bonds is 3. The van der Waals surface area contributed by atoms with Crippen molar-refractivity contribution in [3.63, 3.8) is 0 Å². The fourth-order valence-electron chi connectivity index (χ4n) is 2.84. The Labute approximate surface area is 106 Å². The van der Waals surface area contributed by atoms with Crippen molar-refractivity contribution in [3.8, 4) is 0 Å². The number of nitrogens with zero attached hydrogens (tertiary/aromatic N) is 1. The Morgan fingerprint density at radius 3 is 2.67 bits per heavy atom. The minimum absolute atomic E-state index is 0.135. The van der Waals surface area contributed by atoms with Gasteiger partial charge < -0.3 is 14.6 Å². The van der Waals surface area contributed by atoms with Crippen molar-refractivity contribution < 1.29 is 10.0 Å². The Morgan fingerprint density at radius 1 is 1.28 bits per heavy atom. The molecule has 0 aromatic carbocycles. The van der Waals surface area contributed by atoms with Crippen LogP contribution >= 0.6 is 0 Å². The second kappa shape index (κ2) is 4.55. The summed E-state index contributed by atoms with van der Waals surface area (Å²) in [6.45, 7) is 0.752. The van der Waals surface area contributed by atoms with Crippen LogP contribution in [0.1, 0.15) is 36.9 Å². The first-order valence-electron chi connectivity index (χ1n) is 6.78. The standard InChI is InChI=1S/C13H18BNO3/c16-13-11(14(17)18)7-10-3-1-2-4-12(10)15(13)8-9-5-6-9/h7,9,17-18H,1-6,8H2. The van der Waals surface area contributed by atoms with E-state index in [2.05, 4.69) is 0 Å². The number of aromatic nitrogens is 1. The highest BCUT2D eigenvalue weighted by atomic mass is 16.4. The van der Waals surface area contributed by atoms with Crippen molar-refractivity contribution in [3.05, 3.63) is 27.7 Å². The van der Waals surface area contributed by atoms with Crippen molar-refractivity contribution in [1.29, 1.82) is 0 Å². The molecule has 0 spiro atoms. The summed E-state index contributed by atoms with van der Waals surface area (Å²) in [4.78, 5) is 12.3. The highest BCUT2D eigenvalue weighted by Gasteiger charge is 2.27. The fraction of sp³-hybridized carbons (Fsp3) is 0.615. The number of hydrogen-bond donors (Lipinski definition) is 2. The van der Waals surface area contributed by atoms with E-state index in [1.165, 1.54) is 12.8 Å². The van der Waals surface area contributed by atoms with Gasteiger partial charge in [0.05, 0.1) is 0 Å². The molecule has 1 aromatic heterocycles. The van der Waals surface area contributed by atoms with Crippen molar-refractivity contribution in [2.75, 3.05) is 0 Å². The third-order valence-corrected chi connectivity index (χ3v) is 4.04. The van der Waals surface area contributed by atoms with E-state index in [1.54, 1.807) is 10.6 Å². The van der Waals surface area contributed by atoms with Gasteiger partial charge in [-0.05, 0) is 50.0 Å². The maximum atomic E-state index is 12.3. The Kier molecular flexibility index (Phi) is 3.03. The Hall–Kier alpha value is -1.07. The molecule has 0 atom stereocenters. The van der Waals surface area contributed by atoms with Crippen LogP contribution in [0, 0.1) is 5.92 Å². The van der Waals surface area contributed by atoms with Gasteiger partial charge in [-0.25, -0.2) is 0 Å². The zero-order valence-electron chi connectivity index (χ0n) is 10.4. The molecule has 4 nitrogen and oxygen atoms in total. The van der Waals surface area contributed by atoms with E-state index >= 15 is 0 Å². The third kappa shape index (κ3) is 2.13. The largest absolute Gasteiger partial charge is 0.494 e. The van der Waals surface area contributed by atoms with Crippen molar-refractivity contribution in [2.45, 2.75) is 45.1 Å². The maximum Gasteiger partial charge on any atom is 0.494 e. The number of pyridine rings is 1. The molecule has 1 fully saturated rings. The molecule has 2 N–H and O–H groups in total. The van der Waals surface area contributed by atoms with Crippen LogP contribution in [0.3, 0.4) is 0 Å². The Bertz CT molecular complexity index is 520. The smallest absolute Gasteiger partial charge is 0.423 e. The molecule has 96 valence electrons. The van der Waals surface area contributed by atoms with Crippen LogP contribution in [0.15, 0.2) is 10.9 Å². The number of aryl methyl sites for hydroxylation is 1. The average Bonchev–Trinajstić information content (AvgIpc) is 3.16. The molecule has 0 saturated heterocycles. The summed E-state index contributed by atoms with van der Waals surface area (Å²) in [6.07, 6.45) is 6.51. The zero-order valence-corrected chi connectivity index (χ0v) is 10.4. The molecular weight excluding hydrogens is 229 g/mol. The van der Waals surface area contributed by atoms with Crippen molar-refractivity contribution >= 4 is 12.6 Å². The van der Waals surface area contributed by atoms with Gasteiger partial charge in [-0.15, -0.1) is 0 Å². The van der Waals surface area contributed by atoms with Crippen LogP contribution in [-0.2, 0) is 19.4 Å². The lowest BCUT2D eigenvalue weighted by molar-refractivity contribution is 0.424. The first kappa shape index (κ1) is 12.0. The van der Waals surface area contributed by atoms with Gasteiger partial charge in [0, 0.05) is 17.7 Å². The SMILES string of the molecule is O=c1c(B(O)O)cc2c(n1CC1CC1)CCCC2. The molecule has 2 aliphatic carbocycles. The molecule has 2 aliphatic rings. The summed E-state index contributed by atoms with van der Waals surface area (Å²) in [6, 6.07) is 1.70. The normalized spacial score (nSPS) is 18.6. The van der Waals surface area contributed by atoms with Crippen LogP contribution in [0.2, 0.25) is 0 Å². The lowest BCUT2D eigenvalue weighted by atomic mass is 9.78. The summed E-state index contributed by atoms with van der Waals surface area (Å²) in [5.41, 5.74) is 2.18. The molecule has 1 saturated carbocycles. The van der Waals surface area contributed by atoms with Crippen LogP contribution < -0.4 is 11.0 Å². The molecular formula is C13H18BNO3. The summed E-state index contributed by atoms with van der Waals surface area (Å²) in [7, 11) is -1.66. The number of fused-ring (bicyclic) bond motifs is 1. The zero-order chi connectivity index (χ0) is 12.7. The van der Waals surface area contributed by atoms with Gasteiger partial charge in [0.25, 0.3) is 5.56 Å². The Balaban J connectivity index is 2.11. The van der Waals surface area contributed by atoms with Crippen LogP contribution in [0.5, 0.6) is 0 Å². The molecule has 1 aromatic rings. The molecule has 5 heteroatoms. The predicted molar refractivity (Wildman–Crippen MR) is 69.9 cm³/mol. The molecule has 1 heterocycles. The quantitative estimate of drug-likeness (QED) is 0.728. The topological polar surface area (TPSA) is 62.5 Å². The molecule has 3 rings (SSSR count). The molecule has 0 unspecified atom stereocenters. The maximum absolute atomic E-state index is 12.3. The van der Waals surface area contributed by atoms with Gasteiger partial charge in [-0.2, -0.15) is 0 Å². The van der Waals surface area contributed by atoms with E-state index in [4.69, 9.17) is 0 Å². The molecule has 18 heavy (non-hydrogen) atoms. The van der Waals surface area contributed by atoms with Gasteiger partial charge in [0.2, 0.25) is 0 Å². The second-order valence-corrected chi connectivity index (χ2v) is 5.51. The van der Waals surface area contributed by atoms with Crippen molar-refractivity contribution in [2.24, 2.45) is 5.92 Å². The average molecular weight is 247 g/mol. The summed E-state index contributed by atoms with van der Waals surface area (Å²) in [5.74, 6) is 0.611. The predicted octanol–water partition coefficient (Wildman–Crippen LogP) is -0.183. The van der Waals surface area contributed by atoms with Crippen LogP contribution in [0.4, 0.5) is 0 Å².